The van der Waals surface area contributed by atoms with Crippen LogP contribution in [0.25, 0.3) is 0 Å². The Hall–Kier alpha value is -2.15. The van der Waals surface area contributed by atoms with Crippen molar-refractivity contribution in [1.82, 2.24) is 0 Å². The van der Waals surface area contributed by atoms with Crippen LogP contribution in [0.2, 0.25) is 0 Å². The Kier molecular flexibility index (Phi) is 5.25. The third-order valence-electron chi connectivity index (χ3n) is 2.40. The molecule has 0 aliphatic rings. The van der Waals surface area contributed by atoms with Gasteiger partial charge in [0.15, 0.2) is 6.10 Å². The SMILES string of the molecule is CCOC(COc1ccc([N+](=O)[O-])cc1C)C(=O)O. The summed E-state index contributed by atoms with van der Waals surface area (Å²) >= 11 is 0. The van der Waals surface area contributed by atoms with E-state index in [1.807, 2.05) is 0 Å². The molecule has 0 bridgehead atoms. The number of nitro benzene ring substituents is 1. The van der Waals surface area contributed by atoms with Crippen LogP contribution in [0.1, 0.15) is 12.5 Å². The summed E-state index contributed by atoms with van der Waals surface area (Å²) in [6.45, 7) is 3.45. The predicted molar refractivity (Wildman–Crippen MR) is 66.4 cm³/mol. The molecule has 7 heteroatoms. The fourth-order valence-corrected chi connectivity index (χ4v) is 1.47. The van der Waals surface area contributed by atoms with Gasteiger partial charge >= 0.3 is 5.97 Å². The number of benzene rings is 1. The van der Waals surface area contributed by atoms with Crippen molar-refractivity contribution in [2.75, 3.05) is 13.2 Å². The average molecular weight is 269 g/mol. The number of carboxylic acids is 1. The molecule has 1 N–H and O–H groups in total. The highest BCUT2D eigenvalue weighted by Crippen LogP contribution is 2.23. The zero-order valence-electron chi connectivity index (χ0n) is 10.7. The summed E-state index contributed by atoms with van der Waals surface area (Å²) < 4.78 is 10.3. The Morgan fingerprint density at radius 3 is 2.68 bits per heavy atom. The van der Waals surface area contributed by atoms with Gasteiger partial charge in [0, 0.05) is 18.7 Å². The van der Waals surface area contributed by atoms with Crippen molar-refractivity contribution in [2.45, 2.75) is 20.0 Å². The summed E-state index contributed by atoms with van der Waals surface area (Å²) in [4.78, 5) is 20.9. The third kappa shape index (κ3) is 4.22. The van der Waals surface area contributed by atoms with Gasteiger partial charge in [0.1, 0.15) is 12.4 Å². The highest BCUT2D eigenvalue weighted by Gasteiger charge is 2.19. The smallest absolute Gasteiger partial charge is 0.336 e. The molecule has 0 radical (unpaired) electrons. The maximum absolute atomic E-state index is 10.8. The van der Waals surface area contributed by atoms with E-state index >= 15 is 0 Å². The second kappa shape index (κ2) is 6.69. The van der Waals surface area contributed by atoms with Gasteiger partial charge in [-0.1, -0.05) is 0 Å². The van der Waals surface area contributed by atoms with Crippen LogP contribution in [0, 0.1) is 17.0 Å². The molecule has 1 atom stereocenters. The summed E-state index contributed by atoms with van der Waals surface area (Å²) in [6.07, 6.45) is -1.06. The highest BCUT2D eigenvalue weighted by atomic mass is 16.6. The molecule has 1 rings (SSSR count). The minimum atomic E-state index is -1.11. The fraction of sp³-hybridized carbons (Fsp3) is 0.417. The van der Waals surface area contributed by atoms with Crippen LogP contribution in [0.3, 0.4) is 0 Å². The summed E-state index contributed by atoms with van der Waals surface area (Å²) in [7, 11) is 0. The van der Waals surface area contributed by atoms with Crippen LogP contribution in [-0.2, 0) is 9.53 Å². The van der Waals surface area contributed by atoms with Crippen LogP contribution >= 0.6 is 0 Å². The van der Waals surface area contributed by atoms with Gasteiger partial charge in [0.05, 0.1) is 4.92 Å². The first-order chi connectivity index (χ1) is 8.95. The summed E-state index contributed by atoms with van der Waals surface area (Å²) in [5.41, 5.74) is 0.527. The molecule has 0 aromatic heterocycles. The summed E-state index contributed by atoms with van der Waals surface area (Å²) in [5.74, 6) is -0.710. The molecule has 1 aromatic carbocycles. The first-order valence-electron chi connectivity index (χ1n) is 5.68. The van der Waals surface area contributed by atoms with Crippen LogP contribution in [0.4, 0.5) is 5.69 Å². The monoisotopic (exact) mass is 269 g/mol. The van der Waals surface area contributed by atoms with E-state index in [2.05, 4.69) is 0 Å². The Morgan fingerprint density at radius 2 is 2.21 bits per heavy atom. The number of nitrogens with zero attached hydrogens (tertiary/aromatic N) is 1. The molecule has 0 saturated carbocycles. The first kappa shape index (κ1) is 14.9. The molecular formula is C12H15NO6. The normalized spacial score (nSPS) is 11.9. The lowest BCUT2D eigenvalue weighted by molar-refractivity contribution is -0.384. The number of rotatable bonds is 7. The molecule has 1 aromatic rings. The molecule has 19 heavy (non-hydrogen) atoms. The van der Waals surface area contributed by atoms with Crippen molar-refractivity contribution in [3.05, 3.63) is 33.9 Å². The van der Waals surface area contributed by atoms with Crippen LogP contribution in [0.15, 0.2) is 18.2 Å². The maximum atomic E-state index is 10.8. The van der Waals surface area contributed by atoms with Crippen molar-refractivity contribution in [3.63, 3.8) is 0 Å². The zero-order chi connectivity index (χ0) is 14.4. The Balaban J connectivity index is 2.72. The molecule has 0 aliphatic heterocycles. The van der Waals surface area contributed by atoms with Crippen molar-refractivity contribution in [3.8, 4) is 5.75 Å². The van der Waals surface area contributed by atoms with Gasteiger partial charge in [-0.2, -0.15) is 0 Å². The molecule has 104 valence electrons. The van der Waals surface area contributed by atoms with Crippen molar-refractivity contribution in [2.24, 2.45) is 0 Å². The molecule has 0 fully saturated rings. The Morgan fingerprint density at radius 1 is 1.53 bits per heavy atom. The quantitative estimate of drug-likeness (QED) is 0.598. The maximum Gasteiger partial charge on any atom is 0.336 e. The molecule has 0 amide bonds. The lowest BCUT2D eigenvalue weighted by atomic mass is 10.2. The Labute approximate surface area is 109 Å². The number of aryl methyl sites for hydroxylation is 1. The van der Waals surface area contributed by atoms with E-state index in [1.165, 1.54) is 18.2 Å². The second-order valence-corrected chi connectivity index (χ2v) is 3.80. The number of hydrogen-bond acceptors (Lipinski definition) is 5. The lowest BCUT2D eigenvalue weighted by Crippen LogP contribution is -2.30. The molecule has 0 aliphatic carbocycles. The number of nitro groups is 1. The van der Waals surface area contributed by atoms with E-state index in [0.29, 0.717) is 11.3 Å². The number of hydrogen-bond donors (Lipinski definition) is 1. The van der Waals surface area contributed by atoms with E-state index in [9.17, 15) is 14.9 Å². The largest absolute Gasteiger partial charge is 0.490 e. The van der Waals surface area contributed by atoms with Crippen LogP contribution in [-0.4, -0.2) is 35.3 Å². The highest BCUT2D eigenvalue weighted by molar-refractivity contribution is 5.72. The minimum Gasteiger partial charge on any atom is -0.490 e. The minimum absolute atomic E-state index is 0.0376. The number of non-ortho nitro benzene ring substituents is 1. The first-order valence-corrected chi connectivity index (χ1v) is 5.68. The Bertz CT molecular complexity index is 473. The van der Waals surface area contributed by atoms with E-state index in [1.54, 1.807) is 13.8 Å². The van der Waals surface area contributed by atoms with Gasteiger partial charge in [0.25, 0.3) is 5.69 Å². The van der Waals surface area contributed by atoms with Crippen molar-refractivity contribution in [1.29, 1.82) is 0 Å². The zero-order valence-corrected chi connectivity index (χ0v) is 10.7. The molecule has 0 heterocycles. The number of carbonyl (C=O) groups is 1. The second-order valence-electron chi connectivity index (χ2n) is 3.80. The van der Waals surface area contributed by atoms with Crippen molar-refractivity contribution < 1.29 is 24.3 Å². The average Bonchev–Trinajstić information content (AvgIpc) is 2.35. The number of carboxylic acid groups (broad SMARTS) is 1. The molecule has 0 spiro atoms. The van der Waals surface area contributed by atoms with E-state index in [4.69, 9.17) is 14.6 Å². The van der Waals surface area contributed by atoms with Gasteiger partial charge in [0.2, 0.25) is 0 Å². The van der Waals surface area contributed by atoms with Gasteiger partial charge in [-0.25, -0.2) is 4.79 Å². The fourth-order valence-electron chi connectivity index (χ4n) is 1.47. The van der Waals surface area contributed by atoms with Crippen molar-refractivity contribution >= 4 is 11.7 Å². The number of ether oxygens (including phenoxy) is 2. The summed E-state index contributed by atoms with van der Waals surface area (Å²) in [6, 6.07) is 4.11. The van der Waals surface area contributed by atoms with E-state index in [0.717, 1.165) is 0 Å². The van der Waals surface area contributed by atoms with E-state index in [-0.39, 0.29) is 18.9 Å². The molecule has 0 saturated heterocycles. The lowest BCUT2D eigenvalue weighted by Gasteiger charge is -2.14. The van der Waals surface area contributed by atoms with Gasteiger partial charge in [-0.05, 0) is 25.5 Å². The number of aliphatic carboxylic acids is 1. The molecule has 1 unspecified atom stereocenters. The third-order valence-corrected chi connectivity index (χ3v) is 2.40. The topological polar surface area (TPSA) is 98.9 Å². The van der Waals surface area contributed by atoms with Gasteiger partial charge < -0.3 is 14.6 Å². The predicted octanol–water partition coefficient (Wildman–Crippen LogP) is 1.77. The van der Waals surface area contributed by atoms with Crippen LogP contribution in [0.5, 0.6) is 5.75 Å². The van der Waals surface area contributed by atoms with Crippen LogP contribution < -0.4 is 4.74 Å². The van der Waals surface area contributed by atoms with Gasteiger partial charge in [-0.3, -0.25) is 10.1 Å². The molecular weight excluding hydrogens is 254 g/mol. The van der Waals surface area contributed by atoms with Gasteiger partial charge in [-0.15, -0.1) is 0 Å². The van der Waals surface area contributed by atoms with E-state index < -0.39 is 17.0 Å². The summed E-state index contributed by atoms with van der Waals surface area (Å²) in [5, 5.41) is 19.4. The standard InChI is InChI=1S/C12H15NO6/c1-3-18-11(12(14)15)7-19-10-5-4-9(13(16)17)6-8(10)2/h4-6,11H,3,7H2,1-2H3,(H,14,15). The molecule has 7 nitrogen and oxygen atoms in total.